The van der Waals surface area contributed by atoms with Crippen molar-refractivity contribution in [3.63, 3.8) is 0 Å². The predicted molar refractivity (Wildman–Crippen MR) is 27.5 cm³/mol. The van der Waals surface area contributed by atoms with Crippen LogP contribution in [0.3, 0.4) is 0 Å². The molecule has 0 fully saturated rings. The molecule has 0 amide bonds. The lowest BCUT2D eigenvalue weighted by Gasteiger charge is -1.79. The lowest BCUT2D eigenvalue weighted by Crippen LogP contribution is -1.97. The van der Waals surface area contributed by atoms with Crippen molar-refractivity contribution in [2.75, 3.05) is 12.3 Å². The summed E-state index contributed by atoms with van der Waals surface area (Å²) in [7, 11) is 0. The molecule has 0 aliphatic heterocycles. The van der Waals surface area contributed by atoms with Gasteiger partial charge in [-0.1, -0.05) is 0 Å². The van der Waals surface area contributed by atoms with Gasteiger partial charge in [0.2, 0.25) is 0 Å². The second-order valence-corrected chi connectivity index (χ2v) is 1.31. The van der Waals surface area contributed by atoms with Crippen LogP contribution in [0.15, 0.2) is 0 Å². The van der Waals surface area contributed by atoms with Crippen LogP contribution in [0.5, 0.6) is 0 Å². The van der Waals surface area contributed by atoms with Crippen molar-refractivity contribution < 1.29 is 0 Å². The molecule has 0 spiro atoms. The van der Waals surface area contributed by atoms with Gasteiger partial charge in [-0.25, -0.2) is 0 Å². The number of hydrogen-bond donors (Lipinski definition) is 2. The standard InChI is InChI=1S/C3H9NS/c4-2-1-3-5/h5H,1-4H2/i5+3. The first-order valence-corrected chi connectivity index (χ1v) is 2.36. The second kappa shape index (κ2) is 4.31. The zero-order valence-electron chi connectivity index (χ0n) is 3.15. The van der Waals surface area contributed by atoms with E-state index in [0.717, 1.165) is 18.7 Å². The van der Waals surface area contributed by atoms with E-state index in [1.807, 2.05) is 0 Å². The van der Waals surface area contributed by atoms with Crippen LogP contribution >= 0.6 is 12.6 Å². The molecule has 0 aromatic carbocycles. The minimum atomic E-state index is 0.767. The van der Waals surface area contributed by atoms with Crippen molar-refractivity contribution in [2.24, 2.45) is 5.73 Å². The Morgan fingerprint density at radius 1 is 1.60 bits per heavy atom. The smallest absolute Gasteiger partial charge is 0.00695 e. The summed E-state index contributed by atoms with van der Waals surface area (Å²) in [6.07, 6.45) is 1.03. The molecule has 0 aliphatic carbocycles. The highest BCUT2D eigenvalue weighted by molar-refractivity contribution is 7.80. The third-order valence-corrected chi connectivity index (χ3v) is 0.678. The summed E-state index contributed by atoms with van der Waals surface area (Å²) >= 11 is 3.92. The van der Waals surface area contributed by atoms with Crippen LogP contribution in [0.2, 0.25) is 0 Å². The van der Waals surface area contributed by atoms with Gasteiger partial charge >= 0.3 is 0 Å². The Labute approximate surface area is 38.0 Å². The summed E-state index contributed by atoms with van der Waals surface area (Å²) in [6.45, 7) is 0.767. The molecule has 0 saturated heterocycles. The molecule has 0 bridgehead atoms. The van der Waals surface area contributed by atoms with Crippen molar-refractivity contribution in [3.8, 4) is 0 Å². The maximum atomic E-state index is 5.09. The molecule has 32 valence electrons. The number of rotatable bonds is 2. The van der Waals surface area contributed by atoms with Crippen molar-refractivity contribution in [2.45, 2.75) is 6.42 Å². The molecular formula is C3H9NS. The molecule has 0 aromatic rings. The fraction of sp³-hybridized carbons (Fsp3) is 1.00. The van der Waals surface area contributed by atoms with E-state index in [-0.39, 0.29) is 0 Å². The summed E-state index contributed by atoms with van der Waals surface area (Å²) in [5.74, 6) is 0.913. The molecule has 2 heteroatoms. The van der Waals surface area contributed by atoms with E-state index in [4.69, 9.17) is 5.73 Å². The third-order valence-electron chi connectivity index (χ3n) is 0.362. The fourth-order valence-electron chi connectivity index (χ4n) is 0.0913. The molecule has 0 radical (unpaired) electrons. The van der Waals surface area contributed by atoms with Crippen molar-refractivity contribution in [3.05, 3.63) is 0 Å². The molecular weight excluding hydrogens is 85.0 g/mol. The molecule has 0 heterocycles. The van der Waals surface area contributed by atoms with Crippen LogP contribution in [0, 0.1) is 0 Å². The number of thiol groups is 1. The van der Waals surface area contributed by atoms with Crippen LogP contribution in [-0.4, -0.2) is 12.3 Å². The Morgan fingerprint density at radius 2 is 2.20 bits per heavy atom. The van der Waals surface area contributed by atoms with Gasteiger partial charge in [-0.3, -0.25) is 0 Å². The quantitative estimate of drug-likeness (QED) is 0.472. The van der Waals surface area contributed by atoms with Gasteiger partial charge < -0.3 is 5.73 Å². The largest absolute Gasteiger partial charge is 0.330 e. The van der Waals surface area contributed by atoms with Crippen LogP contribution < -0.4 is 5.73 Å². The Bertz CT molecular complexity index is 14.4. The summed E-state index contributed by atoms with van der Waals surface area (Å²) < 4.78 is 0. The lowest BCUT2D eigenvalue weighted by molar-refractivity contribution is 0.946. The Morgan fingerprint density at radius 3 is 2.20 bits per heavy atom. The van der Waals surface area contributed by atoms with E-state index in [9.17, 15) is 0 Å². The Balaban J connectivity index is 2.19. The van der Waals surface area contributed by atoms with Gasteiger partial charge in [0.1, 0.15) is 0 Å². The summed E-state index contributed by atoms with van der Waals surface area (Å²) in [6, 6.07) is 0. The second-order valence-electron chi connectivity index (χ2n) is 0.866. The molecule has 0 unspecified atom stereocenters. The van der Waals surface area contributed by atoms with Crippen molar-refractivity contribution in [1.29, 1.82) is 0 Å². The average Bonchev–Trinajstić information content (AvgIpc) is 1.41. The van der Waals surface area contributed by atoms with Crippen LogP contribution in [-0.2, 0) is 0 Å². The van der Waals surface area contributed by atoms with Gasteiger partial charge in [-0.15, -0.1) is 0 Å². The van der Waals surface area contributed by atoms with E-state index >= 15 is 0 Å². The van der Waals surface area contributed by atoms with Crippen LogP contribution in [0.1, 0.15) is 6.42 Å². The van der Waals surface area contributed by atoms with Gasteiger partial charge in [0.15, 0.2) is 0 Å². The minimum Gasteiger partial charge on any atom is -0.330 e. The topological polar surface area (TPSA) is 26.0 Å². The highest BCUT2D eigenvalue weighted by Gasteiger charge is 1.68. The van der Waals surface area contributed by atoms with Gasteiger partial charge in [0, 0.05) is 0 Å². The molecule has 1 nitrogen and oxygen atoms in total. The molecule has 0 rings (SSSR count). The lowest BCUT2D eigenvalue weighted by atomic mass is 10.5. The highest BCUT2D eigenvalue weighted by Crippen LogP contribution is 1.74. The van der Waals surface area contributed by atoms with Gasteiger partial charge in [0.25, 0.3) is 0 Å². The molecule has 2 N–H and O–H groups in total. The van der Waals surface area contributed by atoms with E-state index in [0.29, 0.717) is 0 Å². The van der Waals surface area contributed by atoms with Gasteiger partial charge in [-0.05, 0) is 18.7 Å². The molecule has 0 saturated carbocycles. The van der Waals surface area contributed by atoms with E-state index < -0.39 is 0 Å². The van der Waals surface area contributed by atoms with Crippen LogP contribution in [0.25, 0.3) is 0 Å². The van der Waals surface area contributed by atoms with Gasteiger partial charge in [-0.2, -0.15) is 12.6 Å². The number of hydrogen-bond acceptors (Lipinski definition) is 2. The van der Waals surface area contributed by atoms with Gasteiger partial charge in [0.05, 0.1) is 0 Å². The van der Waals surface area contributed by atoms with Crippen LogP contribution in [0.4, 0.5) is 0 Å². The minimum absolute atomic E-state index is 0.767. The number of nitrogens with two attached hydrogens (primary N) is 1. The first-order valence-electron chi connectivity index (χ1n) is 1.72. The molecule has 0 aromatic heterocycles. The summed E-state index contributed by atoms with van der Waals surface area (Å²) in [5.41, 5.74) is 5.09. The molecule has 0 atom stereocenters. The Hall–Kier alpha value is 0.310. The molecule has 5 heavy (non-hydrogen) atoms. The van der Waals surface area contributed by atoms with E-state index in [1.54, 1.807) is 0 Å². The fourth-order valence-corrected chi connectivity index (χ4v) is 0.274. The monoisotopic (exact) mass is 94.0 g/mol. The summed E-state index contributed by atoms with van der Waals surface area (Å²) in [5, 5.41) is 0. The normalized spacial score (nSPS) is 8.40. The zero-order valence-corrected chi connectivity index (χ0v) is 4.04. The predicted octanol–water partition coefficient (Wildman–Crippen LogP) is 0.265. The first-order chi connectivity index (χ1) is 2.41. The average molecular weight is 94.1 g/mol. The zero-order chi connectivity index (χ0) is 4.12. The maximum Gasteiger partial charge on any atom is -0.00695 e. The van der Waals surface area contributed by atoms with Crippen molar-refractivity contribution in [1.82, 2.24) is 0 Å². The highest BCUT2D eigenvalue weighted by atomic mass is 35.0. The first kappa shape index (κ1) is 5.31. The maximum absolute atomic E-state index is 5.09. The van der Waals surface area contributed by atoms with E-state index in [2.05, 4.69) is 12.6 Å². The Kier molecular flexibility index (Phi) is 4.58. The molecule has 0 aliphatic rings. The third kappa shape index (κ3) is 4.31. The SMILES string of the molecule is NCCC[35SH]. The summed E-state index contributed by atoms with van der Waals surface area (Å²) in [4.78, 5) is 0. The van der Waals surface area contributed by atoms with Crippen molar-refractivity contribution >= 4 is 12.6 Å². The van der Waals surface area contributed by atoms with E-state index in [1.165, 1.54) is 0 Å².